The summed E-state index contributed by atoms with van der Waals surface area (Å²) in [5, 5.41) is -0.494. The van der Waals surface area contributed by atoms with Crippen molar-refractivity contribution in [1.82, 2.24) is 4.31 Å². The van der Waals surface area contributed by atoms with Gasteiger partial charge >= 0.3 is 6.18 Å². The van der Waals surface area contributed by atoms with Crippen LogP contribution in [0.2, 0.25) is 5.02 Å². The maximum atomic E-state index is 13.1. The summed E-state index contributed by atoms with van der Waals surface area (Å²) in [5.41, 5.74) is 0.128. The molecular formula is C20H23ClF3NO2S2. The molecule has 0 spiro atoms. The lowest BCUT2D eigenvalue weighted by Gasteiger charge is -2.25. The molecule has 0 aliphatic heterocycles. The van der Waals surface area contributed by atoms with Gasteiger partial charge in [-0.1, -0.05) is 43.1 Å². The van der Waals surface area contributed by atoms with Gasteiger partial charge in [-0.25, -0.2) is 8.42 Å². The Balaban J connectivity index is 2.26. The standard InChI is InChI=1S/C20H23ClF3NO2S2/c1-4-10-25(13-15(3)28-17-7-5-6-14(2)11-17)29(26,27)19-9-8-16(12-18(19)21)20(22,23)24/h5-9,11-12,15H,4,10,13H2,1-3H3. The van der Waals surface area contributed by atoms with Gasteiger partial charge in [-0.05, 0) is 43.7 Å². The Bertz CT molecular complexity index is 949. The molecule has 3 nitrogen and oxygen atoms in total. The molecule has 2 rings (SSSR count). The second kappa shape index (κ2) is 9.73. The molecule has 0 heterocycles. The minimum Gasteiger partial charge on any atom is -0.207 e. The van der Waals surface area contributed by atoms with Crippen LogP contribution in [0, 0.1) is 6.92 Å². The van der Waals surface area contributed by atoms with E-state index in [2.05, 4.69) is 0 Å². The van der Waals surface area contributed by atoms with Gasteiger partial charge < -0.3 is 0 Å². The molecular weight excluding hydrogens is 443 g/mol. The molecule has 0 amide bonds. The van der Waals surface area contributed by atoms with Gasteiger partial charge in [0.1, 0.15) is 4.90 Å². The van der Waals surface area contributed by atoms with Crippen molar-refractivity contribution >= 4 is 33.4 Å². The van der Waals surface area contributed by atoms with Crippen LogP contribution in [0.15, 0.2) is 52.3 Å². The van der Waals surface area contributed by atoms with Gasteiger partial charge in [0, 0.05) is 23.2 Å². The van der Waals surface area contributed by atoms with Crippen LogP contribution < -0.4 is 0 Å². The maximum absolute atomic E-state index is 13.1. The normalized spacial score (nSPS) is 13.7. The van der Waals surface area contributed by atoms with Crippen LogP contribution in [0.3, 0.4) is 0 Å². The van der Waals surface area contributed by atoms with Gasteiger partial charge in [0.15, 0.2) is 0 Å². The molecule has 0 fully saturated rings. The molecule has 0 radical (unpaired) electrons. The molecule has 160 valence electrons. The zero-order valence-electron chi connectivity index (χ0n) is 16.3. The van der Waals surface area contributed by atoms with E-state index in [4.69, 9.17) is 11.6 Å². The molecule has 29 heavy (non-hydrogen) atoms. The largest absolute Gasteiger partial charge is 0.416 e. The van der Waals surface area contributed by atoms with Crippen molar-refractivity contribution in [2.24, 2.45) is 0 Å². The summed E-state index contributed by atoms with van der Waals surface area (Å²) in [4.78, 5) is 0.715. The number of rotatable bonds is 8. The van der Waals surface area contributed by atoms with Crippen LogP contribution >= 0.6 is 23.4 Å². The molecule has 0 saturated heterocycles. The zero-order valence-corrected chi connectivity index (χ0v) is 18.7. The fraction of sp³-hybridized carbons (Fsp3) is 0.400. The molecule has 0 aliphatic rings. The van der Waals surface area contributed by atoms with Gasteiger partial charge in [0.25, 0.3) is 0 Å². The van der Waals surface area contributed by atoms with E-state index in [0.29, 0.717) is 12.5 Å². The summed E-state index contributed by atoms with van der Waals surface area (Å²) in [6.45, 7) is 6.20. The zero-order chi connectivity index (χ0) is 21.8. The number of thioether (sulfide) groups is 1. The summed E-state index contributed by atoms with van der Waals surface area (Å²) in [6.07, 6.45) is -4.02. The van der Waals surface area contributed by atoms with E-state index in [1.54, 1.807) is 11.8 Å². The number of aryl methyl sites for hydroxylation is 1. The maximum Gasteiger partial charge on any atom is 0.416 e. The first-order valence-electron chi connectivity index (χ1n) is 9.05. The summed E-state index contributed by atoms with van der Waals surface area (Å²) < 4.78 is 66.1. The average Bonchev–Trinajstić information content (AvgIpc) is 2.60. The van der Waals surface area contributed by atoms with Crippen molar-refractivity contribution in [2.75, 3.05) is 13.1 Å². The van der Waals surface area contributed by atoms with Gasteiger partial charge in [-0.15, -0.1) is 11.8 Å². The highest BCUT2D eigenvalue weighted by atomic mass is 35.5. The van der Waals surface area contributed by atoms with Crippen molar-refractivity contribution in [2.45, 2.75) is 48.4 Å². The van der Waals surface area contributed by atoms with Crippen LogP contribution in [-0.4, -0.2) is 31.1 Å². The Morgan fingerprint density at radius 3 is 2.41 bits per heavy atom. The topological polar surface area (TPSA) is 37.4 Å². The lowest BCUT2D eigenvalue weighted by atomic mass is 10.2. The SMILES string of the molecule is CCCN(CC(C)Sc1cccc(C)c1)S(=O)(=O)c1ccc(C(F)(F)F)cc1Cl. The third kappa shape index (κ3) is 6.38. The molecule has 0 bridgehead atoms. The summed E-state index contributed by atoms with van der Waals surface area (Å²) >= 11 is 7.48. The Morgan fingerprint density at radius 2 is 1.86 bits per heavy atom. The highest BCUT2D eigenvalue weighted by Crippen LogP contribution is 2.35. The van der Waals surface area contributed by atoms with Crippen molar-refractivity contribution < 1.29 is 21.6 Å². The second-order valence-corrected chi connectivity index (χ2v) is 10.6. The predicted molar refractivity (Wildman–Crippen MR) is 112 cm³/mol. The van der Waals surface area contributed by atoms with Crippen LogP contribution in [0.4, 0.5) is 13.2 Å². The van der Waals surface area contributed by atoms with Crippen LogP contribution in [0.5, 0.6) is 0 Å². The van der Waals surface area contributed by atoms with Gasteiger partial charge in [0.2, 0.25) is 10.0 Å². The first kappa shape index (κ1) is 24.1. The Morgan fingerprint density at radius 1 is 1.17 bits per heavy atom. The lowest BCUT2D eigenvalue weighted by Crippen LogP contribution is -2.36. The molecule has 1 unspecified atom stereocenters. The third-order valence-electron chi connectivity index (χ3n) is 4.14. The molecule has 0 N–H and O–H groups in total. The fourth-order valence-electron chi connectivity index (χ4n) is 2.83. The minimum absolute atomic E-state index is 0.0636. The molecule has 2 aromatic carbocycles. The number of sulfonamides is 1. The summed E-state index contributed by atoms with van der Waals surface area (Å²) in [5.74, 6) is 0. The quantitative estimate of drug-likeness (QED) is 0.432. The monoisotopic (exact) mass is 465 g/mol. The van der Waals surface area contributed by atoms with Gasteiger partial charge in [-0.3, -0.25) is 0 Å². The van der Waals surface area contributed by atoms with E-state index in [0.717, 1.165) is 22.6 Å². The van der Waals surface area contributed by atoms with Crippen molar-refractivity contribution in [3.05, 3.63) is 58.6 Å². The highest BCUT2D eigenvalue weighted by Gasteiger charge is 2.33. The molecule has 0 aromatic heterocycles. The van der Waals surface area contributed by atoms with Crippen molar-refractivity contribution in [1.29, 1.82) is 0 Å². The average molecular weight is 466 g/mol. The number of benzene rings is 2. The first-order chi connectivity index (χ1) is 13.4. The Hall–Kier alpha value is -1.22. The fourth-order valence-corrected chi connectivity index (χ4v) is 6.19. The van der Waals surface area contributed by atoms with E-state index in [-0.39, 0.29) is 23.2 Å². The van der Waals surface area contributed by atoms with E-state index in [1.165, 1.54) is 4.31 Å². The Labute approximate surface area is 179 Å². The van der Waals surface area contributed by atoms with E-state index in [1.807, 2.05) is 45.0 Å². The minimum atomic E-state index is -4.59. The molecule has 2 aromatic rings. The molecule has 9 heteroatoms. The smallest absolute Gasteiger partial charge is 0.207 e. The lowest BCUT2D eigenvalue weighted by molar-refractivity contribution is -0.137. The Kier molecular flexibility index (Phi) is 8.07. The van der Waals surface area contributed by atoms with Crippen molar-refractivity contribution in [3.63, 3.8) is 0 Å². The van der Waals surface area contributed by atoms with E-state index >= 15 is 0 Å². The second-order valence-electron chi connectivity index (χ2n) is 6.75. The summed E-state index contributed by atoms with van der Waals surface area (Å²) in [6, 6.07) is 10.2. The molecule has 0 saturated carbocycles. The first-order valence-corrected chi connectivity index (χ1v) is 11.7. The number of hydrogen-bond donors (Lipinski definition) is 0. The predicted octanol–water partition coefficient (Wildman–Crippen LogP) is 6.25. The number of alkyl halides is 3. The van der Waals surface area contributed by atoms with Crippen LogP contribution in [0.1, 0.15) is 31.4 Å². The van der Waals surface area contributed by atoms with Crippen LogP contribution in [0.25, 0.3) is 0 Å². The number of hydrogen-bond acceptors (Lipinski definition) is 3. The number of halogens is 4. The third-order valence-corrected chi connectivity index (χ3v) is 7.56. The number of nitrogens with zero attached hydrogens (tertiary/aromatic N) is 1. The molecule has 1 atom stereocenters. The van der Waals surface area contributed by atoms with Gasteiger partial charge in [-0.2, -0.15) is 17.5 Å². The van der Waals surface area contributed by atoms with Crippen molar-refractivity contribution in [3.8, 4) is 0 Å². The van der Waals surface area contributed by atoms with E-state index in [9.17, 15) is 21.6 Å². The van der Waals surface area contributed by atoms with Crippen LogP contribution in [-0.2, 0) is 16.2 Å². The summed E-state index contributed by atoms with van der Waals surface area (Å²) in [7, 11) is -4.03. The van der Waals surface area contributed by atoms with Gasteiger partial charge in [0.05, 0.1) is 10.6 Å². The molecule has 0 aliphatic carbocycles. The highest BCUT2D eigenvalue weighted by molar-refractivity contribution is 8.00. The van der Waals surface area contributed by atoms with E-state index < -0.39 is 26.8 Å².